The third kappa shape index (κ3) is 10.3. The summed E-state index contributed by atoms with van der Waals surface area (Å²) in [5.41, 5.74) is 14.6. The minimum atomic E-state index is 0. The third-order valence-electron chi connectivity index (χ3n) is 7.79. The van der Waals surface area contributed by atoms with Crippen molar-refractivity contribution in [1.82, 2.24) is 0 Å². The maximum absolute atomic E-state index is 3.82. The van der Waals surface area contributed by atoms with Crippen molar-refractivity contribution in [3.8, 4) is 11.1 Å². The molecule has 2 aliphatic rings. The molecule has 1 atom stereocenters. The summed E-state index contributed by atoms with van der Waals surface area (Å²) in [5.74, 6) is 0.522. The van der Waals surface area contributed by atoms with Crippen LogP contribution in [0.4, 0.5) is 0 Å². The van der Waals surface area contributed by atoms with Gasteiger partial charge in [-0.15, -0.1) is 23.8 Å². The first-order valence-electron chi connectivity index (χ1n) is 15.0. The summed E-state index contributed by atoms with van der Waals surface area (Å²) in [5, 5.41) is 0. The predicted molar refractivity (Wildman–Crippen MR) is 184 cm³/mol. The Morgan fingerprint density at radius 2 is 1.33 bits per heavy atom. The van der Waals surface area contributed by atoms with Crippen LogP contribution in [-0.2, 0) is 30.7 Å². The van der Waals surface area contributed by atoms with Crippen molar-refractivity contribution in [2.75, 3.05) is 0 Å². The third-order valence-corrected chi connectivity index (χ3v) is 9.21. The van der Waals surface area contributed by atoms with E-state index < -0.39 is 0 Å². The van der Waals surface area contributed by atoms with Crippen molar-refractivity contribution >= 4 is 15.4 Å². The zero-order chi connectivity index (χ0) is 31.1. The molecule has 4 aromatic rings. The second-order valence-corrected chi connectivity index (χ2v) is 13.6. The molecule has 45 heavy (non-hydrogen) atoms. The minimum Gasteiger partial charge on any atom is -1.00 e. The van der Waals surface area contributed by atoms with Crippen molar-refractivity contribution < 1.29 is 49.0 Å². The Kier molecular flexibility index (Phi) is 14.7. The summed E-state index contributed by atoms with van der Waals surface area (Å²) in [7, 11) is 0. The van der Waals surface area contributed by atoms with Gasteiger partial charge < -0.3 is 24.8 Å². The van der Waals surface area contributed by atoms with Gasteiger partial charge in [0, 0.05) is 0 Å². The van der Waals surface area contributed by atoms with E-state index >= 15 is 0 Å². The fraction of sp³-hybridized carbons (Fsp3) is 0.214. The number of benzene rings is 4. The van der Waals surface area contributed by atoms with E-state index in [9.17, 15) is 0 Å². The summed E-state index contributed by atoms with van der Waals surface area (Å²) >= 11 is 1.46. The largest absolute Gasteiger partial charge is 1.00 e. The van der Waals surface area contributed by atoms with E-state index in [0.717, 1.165) is 12.0 Å². The van der Waals surface area contributed by atoms with Crippen LogP contribution < -0.4 is 24.8 Å². The molecule has 0 aliphatic heterocycles. The molecule has 2 aliphatic carbocycles. The van der Waals surface area contributed by atoms with Crippen molar-refractivity contribution in [3.05, 3.63) is 166 Å². The molecule has 0 saturated carbocycles. The van der Waals surface area contributed by atoms with Crippen LogP contribution in [-0.4, -0.2) is 3.21 Å². The van der Waals surface area contributed by atoms with E-state index in [0.29, 0.717) is 11.3 Å². The van der Waals surface area contributed by atoms with Gasteiger partial charge in [0.25, 0.3) is 0 Å². The van der Waals surface area contributed by atoms with Crippen LogP contribution in [0, 0.1) is 37.3 Å². The van der Waals surface area contributed by atoms with E-state index in [-0.39, 0.29) is 24.8 Å². The van der Waals surface area contributed by atoms with Crippen molar-refractivity contribution in [1.29, 1.82) is 0 Å². The Morgan fingerprint density at radius 3 is 1.78 bits per heavy atom. The van der Waals surface area contributed by atoms with Gasteiger partial charge in [-0.25, -0.2) is 6.08 Å². The topological polar surface area (TPSA) is 0 Å². The fourth-order valence-corrected chi connectivity index (χ4v) is 5.84. The molecule has 0 nitrogen and oxygen atoms in total. The molecule has 0 bridgehead atoms. The molecule has 0 fully saturated rings. The normalized spacial score (nSPS) is 13.7. The van der Waals surface area contributed by atoms with E-state index in [1.165, 1.54) is 83.1 Å². The molecule has 0 spiro atoms. The maximum atomic E-state index is 3.82. The summed E-state index contributed by atoms with van der Waals surface area (Å²) in [6.45, 7) is 20.7. The van der Waals surface area contributed by atoms with E-state index in [1.807, 2.05) is 18.2 Å². The van der Waals surface area contributed by atoms with Crippen molar-refractivity contribution in [2.45, 2.75) is 48.0 Å². The minimum absolute atomic E-state index is 0. The summed E-state index contributed by atoms with van der Waals surface area (Å²) in [6.07, 6.45) is 12.4. The molecule has 1 unspecified atom stereocenters. The molecule has 0 radical (unpaired) electrons. The van der Waals surface area contributed by atoms with Gasteiger partial charge in [0.2, 0.25) is 0 Å². The monoisotopic (exact) mass is 706 g/mol. The summed E-state index contributed by atoms with van der Waals surface area (Å²) in [6, 6.07) is 31.6. The van der Waals surface area contributed by atoms with Gasteiger partial charge in [0.05, 0.1) is 0 Å². The summed E-state index contributed by atoms with van der Waals surface area (Å²) in [4.78, 5) is 0. The number of hydrogen-bond donors (Lipinski definition) is 0. The van der Waals surface area contributed by atoms with Crippen LogP contribution in [0.3, 0.4) is 0 Å². The van der Waals surface area contributed by atoms with Gasteiger partial charge in [0.15, 0.2) is 0 Å². The van der Waals surface area contributed by atoms with Crippen LogP contribution >= 0.6 is 0 Å². The fourth-order valence-electron chi connectivity index (χ4n) is 5.02. The second-order valence-electron chi connectivity index (χ2n) is 12.4. The molecule has 0 N–H and O–H groups in total. The average molecular weight is 709 g/mol. The molecule has 0 amide bonds. The molecular weight excluding hydrogens is 667 g/mol. The van der Waals surface area contributed by atoms with Crippen LogP contribution in [0.25, 0.3) is 23.3 Å². The first-order chi connectivity index (χ1) is 20.5. The van der Waals surface area contributed by atoms with Crippen LogP contribution in [0.15, 0.2) is 110 Å². The number of allylic oxidation sites excluding steroid dienone is 4. The first-order valence-corrected chi connectivity index (χ1v) is 16.2. The molecule has 0 aromatic heterocycles. The number of fused-ring (bicyclic) bond motifs is 3. The van der Waals surface area contributed by atoms with Gasteiger partial charge in [-0.2, -0.15) is 35.4 Å². The Labute approximate surface area is 299 Å². The van der Waals surface area contributed by atoms with Gasteiger partial charge in [-0.3, -0.25) is 6.08 Å². The molecular formula is C42H42Cl2Zr-2. The van der Waals surface area contributed by atoms with Gasteiger partial charge >= 0.3 is 112 Å². The van der Waals surface area contributed by atoms with Crippen molar-refractivity contribution in [2.24, 2.45) is 11.3 Å². The Balaban J connectivity index is 0.000000238. The zero-order valence-corrected chi connectivity index (χ0v) is 31.2. The first kappa shape index (κ1) is 38.4. The van der Waals surface area contributed by atoms with Crippen molar-refractivity contribution in [3.63, 3.8) is 0 Å². The van der Waals surface area contributed by atoms with E-state index in [1.54, 1.807) is 0 Å². The molecule has 0 saturated heterocycles. The van der Waals surface area contributed by atoms with E-state index in [2.05, 4.69) is 152 Å². The number of rotatable bonds is 4. The molecule has 230 valence electrons. The van der Waals surface area contributed by atoms with Gasteiger partial charge in [-0.1, -0.05) is 81.0 Å². The number of halogens is 2. The molecule has 3 heteroatoms. The van der Waals surface area contributed by atoms with Gasteiger partial charge in [-0.05, 0) is 12.0 Å². The Hall–Kier alpha value is -2.83. The number of aryl methyl sites for hydroxylation is 2. The van der Waals surface area contributed by atoms with Crippen LogP contribution in [0.5, 0.6) is 0 Å². The Bertz CT molecular complexity index is 1580. The quantitative estimate of drug-likeness (QED) is 0.237. The predicted octanol–water partition coefficient (Wildman–Crippen LogP) is 4.74. The Morgan fingerprint density at radius 1 is 0.800 bits per heavy atom. The van der Waals surface area contributed by atoms with Crippen LogP contribution in [0.1, 0.15) is 72.2 Å². The molecule has 6 rings (SSSR count). The van der Waals surface area contributed by atoms with Gasteiger partial charge in [0.1, 0.15) is 0 Å². The smallest absolute Gasteiger partial charge is 1.00 e. The zero-order valence-electron chi connectivity index (χ0n) is 27.3. The summed E-state index contributed by atoms with van der Waals surface area (Å²) < 4.78 is 1.42. The average Bonchev–Trinajstić information content (AvgIpc) is 3.61. The maximum Gasteiger partial charge on any atom is -1.00 e. The van der Waals surface area contributed by atoms with E-state index in [4.69, 9.17) is 0 Å². The second kappa shape index (κ2) is 17.2. The molecule has 0 heterocycles. The SMILES string of the molecule is C=Cc1c[c-]c2c(c1)-c1cc(C=C)ccc1C2.CC1[C-]=CC(C(C)(C)C)=C1.Cc1ccc([C](=[Zr+2])c2ccc(C)cc2)cc1.[Cl-].[Cl-]. The number of hydrogen-bond acceptors (Lipinski definition) is 0. The standard InChI is InChI=1S/C17H13.C15H14.C10H15.2ClH.Zr/c1-3-12-5-7-14-11-15-8-6-13(4-2)10-17(15)16(14)9-12;1-12-3-7-14(8-4-12)11-15-9-5-13(2)6-10-15;1-8-5-6-9(7-8)10(2,3)4;;;/h3-7,9-10H,1-2,11H2;3-10H,1-2H3;6-8H,1-4H3;2*1H;/q-1;;-1;;;+2/p-2. The van der Waals surface area contributed by atoms with Crippen LogP contribution in [0.2, 0.25) is 0 Å². The molecule has 4 aromatic carbocycles.